The maximum absolute atomic E-state index is 13.1. The first-order valence-corrected chi connectivity index (χ1v) is 13.7. The number of para-hydroxylation sites is 2. The van der Waals surface area contributed by atoms with Gasteiger partial charge in [-0.1, -0.05) is 79.4 Å². The Bertz CT molecular complexity index is 1530. The first-order valence-electron chi connectivity index (χ1n) is 13.7. The van der Waals surface area contributed by atoms with Crippen LogP contribution in [0.25, 0.3) is 0 Å². The smallest absolute Gasteiger partial charge is 0.326 e. The number of nitrogens with one attached hydrogen (secondary N) is 1. The van der Waals surface area contributed by atoms with Crippen LogP contribution in [0.2, 0.25) is 0 Å². The molecule has 4 aromatic carbocycles. The van der Waals surface area contributed by atoms with Crippen molar-refractivity contribution in [3.05, 3.63) is 138 Å². The Kier molecular flexibility index (Phi) is 9.90. The fraction of sp³-hybridized carbons (Fsp3) is 0.171. The molecule has 0 radical (unpaired) electrons. The predicted molar refractivity (Wildman–Crippen MR) is 165 cm³/mol. The van der Waals surface area contributed by atoms with E-state index in [1.165, 1.54) is 0 Å². The summed E-state index contributed by atoms with van der Waals surface area (Å²) in [6.07, 6.45) is 0.189. The molecule has 0 aromatic heterocycles. The summed E-state index contributed by atoms with van der Waals surface area (Å²) < 4.78 is 5.99. The van der Waals surface area contributed by atoms with Gasteiger partial charge in [-0.3, -0.25) is 9.59 Å². The normalized spacial score (nSPS) is 12.0. The fourth-order valence-electron chi connectivity index (χ4n) is 4.55. The summed E-state index contributed by atoms with van der Waals surface area (Å²) in [6.45, 7) is 7.65. The molecule has 0 spiro atoms. The van der Waals surface area contributed by atoms with E-state index in [1.807, 2.05) is 55.5 Å². The maximum atomic E-state index is 13.1. The van der Waals surface area contributed by atoms with Crippen LogP contribution in [0.15, 0.2) is 121 Å². The summed E-state index contributed by atoms with van der Waals surface area (Å²) in [6, 6.07) is 31.1. The van der Waals surface area contributed by atoms with Crippen molar-refractivity contribution in [3.63, 3.8) is 0 Å². The van der Waals surface area contributed by atoms with Gasteiger partial charge in [0.05, 0.1) is 6.04 Å². The molecule has 4 aromatic rings. The number of ketones is 1. The van der Waals surface area contributed by atoms with Gasteiger partial charge >= 0.3 is 5.97 Å². The molecule has 0 fully saturated rings. The molecule has 214 valence electrons. The van der Waals surface area contributed by atoms with Crippen molar-refractivity contribution in [3.8, 4) is 5.75 Å². The van der Waals surface area contributed by atoms with Crippen LogP contribution in [0.3, 0.4) is 0 Å². The molecule has 0 saturated carbocycles. The third-order valence-electron chi connectivity index (χ3n) is 6.75. The van der Waals surface area contributed by atoms with E-state index in [0.29, 0.717) is 28.1 Å². The number of carbonyl (C=O) groups is 3. The highest BCUT2D eigenvalue weighted by Gasteiger charge is 2.24. The molecule has 0 aliphatic heterocycles. The third kappa shape index (κ3) is 7.52. The highest BCUT2D eigenvalue weighted by molar-refractivity contribution is 6.12. The quantitative estimate of drug-likeness (QED) is 0.145. The fourth-order valence-corrected chi connectivity index (χ4v) is 4.55. The van der Waals surface area contributed by atoms with Crippen LogP contribution >= 0.6 is 0 Å². The number of nitrogens with zero attached hydrogens (tertiary/aromatic N) is 1. The van der Waals surface area contributed by atoms with Gasteiger partial charge in [-0.2, -0.15) is 0 Å². The number of ether oxygens (including phenoxy) is 1. The van der Waals surface area contributed by atoms with Crippen molar-refractivity contribution in [2.24, 2.45) is 0 Å². The molecule has 7 nitrogen and oxygen atoms in total. The second-order valence-electron chi connectivity index (χ2n) is 10.1. The van der Waals surface area contributed by atoms with E-state index in [-0.39, 0.29) is 30.8 Å². The highest BCUT2D eigenvalue weighted by atomic mass is 16.5. The van der Waals surface area contributed by atoms with E-state index in [2.05, 4.69) is 11.9 Å². The first-order chi connectivity index (χ1) is 20.2. The molecule has 2 N–H and O–H groups in total. The van der Waals surface area contributed by atoms with Gasteiger partial charge < -0.3 is 20.1 Å². The van der Waals surface area contributed by atoms with Crippen LogP contribution in [0.5, 0.6) is 5.75 Å². The highest BCUT2D eigenvalue weighted by Crippen LogP contribution is 2.23. The Morgan fingerprint density at radius 3 is 2.07 bits per heavy atom. The molecular formula is C35H34N2O5. The minimum atomic E-state index is -1.03. The van der Waals surface area contributed by atoms with Crippen LogP contribution in [0, 0.1) is 0 Å². The number of hydrogen-bond acceptors (Lipinski definition) is 5. The molecule has 7 heteroatoms. The zero-order valence-electron chi connectivity index (χ0n) is 23.7. The van der Waals surface area contributed by atoms with Crippen LogP contribution in [-0.2, 0) is 16.0 Å². The number of aliphatic carboxylic acids is 1. The topological polar surface area (TPSA) is 95.9 Å². The molecule has 0 aliphatic carbocycles. The van der Waals surface area contributed by atoms with Crippen molar-refractivity contribution < 1.29 is 24.2 Å². The number of amides is 1. The Morgan fingerprint density at radius 1 is 0.857 bits per heavy atom. The molecule has 1 amide bonds. The summed E-state index contributed by atoms with van der Waals surface area (Å²) in [5.74, 6) is -0.796. The monoisotopic (exact) mass is 562 g/mol. The third-order valence-corrected chi connectivity index (χ3v) is 6.75. The Hall–Kier alpha value is -5.17. The van der Waals surface area contributed by atoms with E-state index in [9.17, 15) is 19.5 Å². The lowest BCUT2D eigenvalue weighted by atomic mass is 10.00. The molecule has 4 rings (SSSR count). The van der Waals surface area contributed by atoms with Crippen molar-refractivity contribution in [2.75, 3.05) is 16.8 Å². The van der Waals surface area contributed by atoms with Gasteiger partial charge in [-0.05, 0) is 55.8 Å². The first kappa shape index (κ1) is 29.8. The van der Waals surface area contributed by atoms with Crippen LogP contribution in [-0.4, -0.2) is 41.5 Å². The second kappa shape index (κ2) is 13.9. The molecular weight excluding hydrogens is 528 g/mol. The number of carboxylic acid groups (broad SMARTS) is 1. The maximum Gasteiger partial charge on any atom is 0.326 e. The zero-order chi connectivity index (χ0) is 30.1. The minimum Gasteiger partial charge on any atom is -0.491 e. The van der Waals surface area contributed by atoms with E-state index in [0.717, 1.165) is 11.3 Å². The number of hydrogen-bond donors (Lipinski definition) is 2. The Labute approximate surface area is 246 Å². The lowest BCUT2D eigenvalue weighted by Gasteiger charge is -2.29. The van der Waals surface area contributed by atoms with E-state index < -0.39 is 12.0 Å². The SMILES string of the molecule is C=C(C)C(=O)N(c1ccccc1)C(C)COc1ccc(C[C@H](Nc2ccccc2C(=O)c2ccccc2)C(=O)O)cc1. The average molecular weight is 563 g/mol. The largest absolute Gasteiger partial charge is 0.491 e. The Balaban J connectivity index is 1.42. The van der Waals surface area contributed by atoms with Gasteiger partial charge in [0.25, 0.3) is 5.91 Å². The van der Waals surface area contributed by atoms with Gasteiger partial charge in [0.15, 0.2) is 5.78 Å². The summed E-state index contributed by atoms with van der Waals surface area (Å²) >= 11 is 0. The lowest BCUT2D eigenvalue weighted by Crippen LogP contribution is -2.42. The lowest BCUT2D eigenvalue weighted by molar-refractivity contribution is -0.137. The van der Waals surface area contributed by atoms with Gasteiger partial charge in [0, 0.05) is 34.5 Å². The van der Waals surface area contributed by atoms with Crippen molar-refractivity contribution in [2.45, 2.75) is 32.4 Å². The van der Waals surface area contributed by atoms with Gasteiger partial charge in [0.1, 0.15) is 18.4 Å². The number of carboxylic acids is 1. The van der Waals surface area contributed by atoms with Crippen LogP contribution in [0.4, 0.5) is 11.4 Å². The minimum absolute atomic E-state index is 0.174. The van der Waals surface area contributed by atoms with Crippen molar-refractivity contribution in [1.82, 2.24) is 0 Å². The summed E-state index contributed by atoms with van der Waals surface area (Å²) in [4.78, 5) is 39.8. The zero-order valence-corrected chi connectivity index (χ0v) is 23.7. The summed E-state index contributed by atoms with van der Waals surface area (Å²) in [7, 11) is 0. The molecule has 2 atom stereocenters. The predicted octanol–water partition coefficient (Wildman–Crippen LogP) is 6.40. The molecule has 0 aliphatic rings. The number of carbonyl (C=O) groups excluding carboxylic acids is 2. The van der Waals surface area contributed by atoms with E-state index in [1.54, 1.807) is 72.5 Å². The molecule has 0 bridgehead atoms. The second-order valence-corrected chi connectivity index (χ2v) is 10.1. The van der Waals surface area contributed by atoms with E-state index >= 15 is 0 Å². The van der Waals surface area contributed by atoms with Crippen molar-refractivity contribution in [1.29, 1.82) is 0 Å². The van der Waals surface area contributed by atoms with Gasteiger partial charge in [-0.25, -0.2) is 4.79 Å². The molecule has 1 unspecified atom stereocenters. The van der Waals surface area contributed by atoms with Crippen molar-refractivity contribution >= 4 is 29.0 Å². The average Bonchev–Trinajstić information content (AvgIpc) is 3.01. The summed E-state index contributed by atoms with van der Waals surface area (Å²) in [5.41, 5.74) is 3.37. The van der Waals surface area contributed by atoms with Gasteiger partial charge in [0.2, 0.25) is 0 Å². The van der Waals surface area contributed by atoms with Crippen LogP contribution in [0.1, 0.15) is 35.3 Å². The molecule has 42 heavy (non-hydrogen) atoms. The standard InChI is InChI=1S/C35H34N2O5/c1-24(2)34(39)37(28-14-8-5-9-15-28)25(3)23-42-29-20-18-26(19-21-29)22-32(35(40)41)36-31-17-11-10-16-30(31)33(38)27-12-6-4-7-13-27/h4-21,25,32,36H,1,22-23H2,2-3H3,(H,40,41)/t25?,32-/m0/s1. The number of anilines is 2. The Morgan fingerprint density at radius 2 is 1.45 bits per heavy atom. The van der Waals surface area contributed by atoms with E-state index in [4.69, 9.17) is 4.74 Å². The number of rotatable bonds is 13. The molecule has 0 heterocycles. The summed E-state index contributed by atoms with van der Waals surface area (Å²) in [5, 5.41) is 13.0. The van der Waals surface area contributed by atoms with Gasteiger partial charge in [-0.15, -0.1) is 0 Å². The number of benzene rings is 4. The van der Waals surface area contributed by atoms with Crippen LogP contribution < -0.4 is 15.0 Å². The molecule has 0 saturated heterocycles.